The van der Waals surface area contributed by atoms with E-state index >= 15 is 0 Å². The number of hydrogen-bond donors (Lipinski definition) is 1. The Morgan fingerprint density at radius 2 is 2.00 bits per heavy atom. The first-order valence-electron chi connectivity index (χ1n) is 9.16. The van der Waals surface area contributed by atoms with E-state index in [-0.39, 0.29) is 10.6 Å². The second-order valence-corrected chi connectivity index (χ2v) is 9.16. The topological polar surface area (TPSA) is 70.1 Å². The van der Waals surface area contributed by atoms with Crippen molar-refractivity contribution in [1.29, 1.82) is 0 Å². The van der Waals surface area contributed by atoms with E-state index in [1.807, 2.05) is 27.9 Å². The summed E-state index contributed by atoms with van der Waals surface area (Å²) in [6.07, 6.45) is 4.17. The monoisotopic (exact) mass is 406 g/mol. The highest BCUT2D eigenvalue weighted by Crippen LogP contribution is 2.37. The molecular weight excluding hydrogens is 376 g/mol. The van der Waals surface area contributed by atoms with E-state index in [0.717, 1.165) is 23.3 Å². The summed E-state index contributed by atoms with van der Waals surface area (Å²) in [5.41, 5.74) is 3.54. The summed E-state index contributed by atoms with van der Waals surface area (Å²) in [5, 5.41) is 10.2. The van der Waals surface area contributed by atoms with Crippen LogP contribution in [-0.2, 0) is 14.8 Å². The summed E-state index contributed by atoms with van der Waals surface area (Å²) < 4.78 is 33.2. The van der Waals surface area contributed by atoms with Crippen LogP contribution in [0.25, 0.3) is 0 Å². The average molecular weight is 407 g/mol. The van der Waals surface area contributed by atoms with Crippen molar-refractivity contribution < 1.29 is 18.3 Å². The number of phenols is 1. The lowest BCUT2D eigenvalue weighted by Crippen LogP contribution is -2.27. The molecule has 1 aliphatic rings. The Morgan fingerprint density at radius 3 is 2.57 bits per heavy atom. The van der Waals surface area contributed by atoms with Crippen molar-refractivity contribution in [3.8, 4) is 5.75 Å². The van der Waals surface area contributed by atoms with Gasteiger partial charge in [0.15, 0.2) is 0 Å². The largest absolute Gasteiger partial charge is 0.507 e. The molecule has 0 bridgehead atoms. The van der Waals surface area contributed by atoms with Gasteiger partial charge < -0.3 is 14.7 Å². The molecule has 0 saturated carbocycles. The number of allylic oxidation sites excluding steroid dienone is 4. The number of aryl methyl sites for hydroxylation is 1. The van der Waals surface area contributed by atoms with Crippen LogP contribution in [0.15, 0.2) is 57.8 Å². The first kappa shape index (κ1) is 22.0. The number of likely N-dealkylation sites (N-methyl/N-ethyl adjacent to an activating group) is 1. The van der Waals surface area contributed by atoms with Crippen molar-refractivity contribution in [1.82, 2.24) is 9.21 Å². The Balaban J connectivity index is 2.58. The van der Waals surface area contributed by atoms with Gasteiger partial charge in [-0.3, -0.25) is 4.31 Å². The summed E-state index contributed by atoms with van der Waals surface area (Å²) in [5.74, 6) is 0.449. The smallest absolute Gasteiger partial charge is 0.268 e. The predicted octanol–water partition coefficient (Wildman–Crippen LogP) is 3.41. The van der Waals surface area contributed by atoms with Crippen LogP contribution in [0, 0.1) is 6.92 Å². The standard InChI is InChI=1S/C21H30N2O4S/c1-15-7-10-21(20(24)13-15)28(25,26)23-12-11-18(16(2)14-22(4)5)19(23)9-8-17(3)27-6/h7-10,13,24H,11-12,14H2,1-6H3/b17-8+,18-16+,19-9-. The van der Waals surface area contributed by atoms with Crippen molar-refractivity contribution in [3.63, 3.8) is 0 Å². The summed E-state index contributed by atoms with van der Waals surface area (Å²) in [7, 11) is 1.65. The number of nitrogens with zero attached hydrogens (tertiary/aromatic N) is 2. The molecule has 154 valence electrons. The quantitative estimate of drug-likeness (QED) is 0.733. The van der Waals surface area contributed by atoms with Gasteiger partial charge in [-0.25, -0.2) is 8.42 Å². The molecule has 6 nitrogen and oxygen atoms in total. The maximum Gasteiger partial charge on any atom is 0.268 e. The molecule has 1 N–H and O–H groups in total. The number of sulfonamides is 1. The van der Waals surface area contributed by atoms with Crippen LogP contribution in [0.1, 0.15) is 25.8 Å². The molecular formula is C21H30N2O4S. The van der Waals surface area contributed by atoms with Gasteiger partial charge in [0.05, 0.1) is 18.6 Å². The maximum atomic E-state index is 13.3. The van der Waals surface area contributed by atoms with Crippen LogP contribution >= 0.6 is 0 Å². The van der Waals surface area contributed by atoms with Gasteiger partial charge in [0.25, 0.3) is 10.0 Å². The number of methoxy groups -OCH3 is 1. The predicted molar refractivity (Wildman–Crippen MR) is 111 cm³/mol. The fourth-order valence-corrected chi connectivity index (χ4v) is 4.84. The Labute approximate surface area is 168 Å². The fraction of sp³-hybridized carbons (Fsp3) is 0.429. The van der Waals surface area contributed by atoms with Gasteiger partial charge in [-0.2, -0.15) is 0 Å². The number of phenolic OH excluding ortho intramolecular Hbond substituents is 1. The first-order chi connectivity index (χ1) is 13.1. The van der Waals surface area contributed by atoms with E-state index < -0.39 is 10.0 Å². The highest BCUT2D eigenvalue weighted by Gasteiger charge is 2.35. The molecule has 28 heavy (non-hydrogen) atoms. The minimum atomic E-state index is -3.89. The molecule has 0 amide bonds. The second-order valence-electron chi connectivity index (χ2n) is 7.33. The number of hydrogen-bond acceptors (Lipinski definition) is 5. The molecule has 1 aromatic carbocycles. The zero-order valence-corrected chi connectivity index (χ0v) is 18.3. The van der Waals surface area contributed by atoms with Crippen LogP contribution in [0.3, 0.4) is 0 Å². The van der Waals surface area contributed by atoms with E-state index in [1.165, 1.54) is 16.4 Å². The van der Waals surface area contributed by atoms with Crippen LogP contribution in [0.4, 0.5) is 0 Å². The average Bonchev–Trinajstić information content (AvgIpc) is 3.03. The van der Waals surface area contributed by atoms with Crippen LogP contribution < -0.4 is 0 Å². The molecule has 0 aliphatic carbocycles. The van der Waals surface area contributed by atoms with E-state index in [4.69, 9.17) is 4.74 Å². The zero-order chi connectivity index (χ0) is 21.1. The summed E-state index contributed by atoms with van der Waals surface area (Å²) >= 11 is 0. The molecule has 0 aromatic heterocycles. The van der Waals surface area contributed by atoms with Gasteiger partial charge in [0.2, 0.25) is 0 Å². The molecule has 1 fully saturated rings. The van der Waals surface area contributed by atoms with Crippen LogP contribution in [-0.4, -0.2) is 57.0 Å². The summed E-state index contributed by atoms with van der Waals surface area (Å²) in [6.45, 7) is 6.72. The number of ether oxygens (including phenoxy) is 1. The first-order valence-corrected chi connectivity index (χ1v) is 10.6. The minimum Gasteiger partial charge on any atom is -0.507 e. The van der Waals surface area contributed by atoms with Crippen molar-refractivity contribution in [2.24, 2.45) is 0 Å². The van der Waals surface area contributed by atoms with Gasteiger partial charge in [0.1, 0.15) is 10.6 Å². The minimum absolute atomic E-state index is 0.0806. The van der Waals surface area contributed by atoms with Crippen molar-refractivity contribution in [3.05, 3.63) is 58.5 Å². The number of benzene rings is 1. The summed E-state index contributed by atoms with van der Waals surface area (Å²) in [4.78, 5) is 1.97. The lowest BCUT2D eigenvalue weighted by atomic mass is 10.1. The van der Waals surface area contributed by atoms with Gasteiger partial charge in [-0.05, 0) is 76.7 Å². The zero-order valence-electron chi connectivity index (χ0n) is 17.5. The van der Waals surface area contributed by atoms with Crippen molar-refractivity contribution in [2.75, 3.05) is 34.3 Å². The Bertz CT molecular complexity index is 928. The maximum absolute atomic E-state index is 13.3. The van der Waals surface area contributed by atoms with E-state index in [0.29, 0.717) is 24.4 Å². The van der Waals surface area contributed by atoms with Gasteiger partial charge >= 0.3 is 0 Å². The Morgan fingerprint density at radius 1 is 1.32 bits per heavy atom. The molecule has 1 heterocycles. The molecule has 7 heteroatoms. The third-order valence-corrected chi connectivity index (χ3v) is 6.55. The Kier molecular flexibility index (Phi) is 6.96. The van der Waals surface area contributed by atoms with Gasteiger partial charge in [0, 0.05) is 13.1 Å². The summed E-state index contributed by atoms with van der Waals surface area (Å²) in [6, 6.07) is 4.62. The van der Waals surface area contributed by atoms with E-state index in [2.05, 4.69) is 4.90 Å². The lowest BCUT2D eigenvalue weighted by molar-refractivity contribution is 0.293. The second kappa shape index (κ2) is 8.84. The Hall–Kier alpha value is -2.25. The molecule has 0 atom stereocenters. The molecule has 1 aliphatic heterocycles. The van der Waals surface area contributed by atoms with E-state index in [9.17, 15) is 13.5 Å². The third-order valence-electron chi connectivity index (χ3n) is 4.69. The number of rotatable bonds is 6. The van der Waals surface area contributed by atoms with Crippen LogP contribution in [0.2, 0.25) is 0 Å². The van der Waals surface area contributed by atoms with Crippen molar-refractivity contribution in [2.45, 2.75) is 32.1 Å². The highest BCUT2D eigenvalue weighted by molar-refractivity contribution is 7.89. The third kappa shape index (κ3) is 4.77. The molecule has 0 radical (unpaired) electrons. The number of aromatic hydroxyl groups is 1. The molecule has 1 aromatic rings. The van der Waals surface area contributed by atoms with Crippen LogP contribution in [0.5, 0.6) is 5.75 Å². The molecule has 2 rings (SSSR count). The molecule has 0 unspecified atom stereocenters. The SMILES string of the molecule is CO/C(C)=C/C=C1/C(=C(\C)CN(C)C)CCN1S(=O)(=O)c1ccc(C)cc1O. The van der Waals surface area contributed by atoms with Crippen molar-refractivity contribution >= 4 is 10.0 Å². The van der Waals surface area contributed by atoms with Gasteiger partial charge in [-0.1, -0.05) is 11.6 Å². The van der Waals surface area contributed by atoms with E-state index in [1.54, 1.807) is 32.3 Å². The molecule has 0 spiro atoms. The lowest BCUT2D eigenvalue weighted by Gasteiger charge is -2.22. The normalized spacial score (nSPS) is 18.9. The molecule has 1 saturated heterocycles. The fourth-order valence-electron chi connectivity index (χ4n) is 3.28. The van der Waals surface area contributed by atoms with Gasteiger partial charge in [-0.15, -0.1) is 0 Å². The highest BCUT2D eigenvalue weighted by atomic mass is 32.2.